The topological polar surface area (TPSA) is 57.1 Å². The Morgan fingerprint density at radius 1 is 1.19 bits per heavy atom. The molecular weight excluding hydrogens is 350 g/mol. The zero-order valence-electron chi connectivity index (χ0n) is 14.6. The number of fused-ring (bicyclic) bond motifs is 1. The number of rotatable bonds is 4. The fraction of sp³-hybridized carbons (Fsp3) is 0.350. The summed E-state index contributed by atoms with van der Waals surface area (Å²) in [5, 5.41) is 1.28. The standard InChI is InChI=1S/C20H20ClN3O2/c1-25-17-10-14(13-5-8-26-9-6-13)2-3-15(17)11-18-23-12-16-4-7-22-20(21)19(16)24-18/h2-4,7,10,12-13H,5-6,8-9,11H2,1H3. The van der Waals surface area contributed by atoms with Crippen LogP contribution in [0.4, 0.5) is 0 Å². The normalized spacial score (nSPS) is 15.3. The molecule has 0 bridgehead atoms. The van der Waals surface area contributed by atoms with E-state index < -0.39 is 0 Å². The zero-order valence-corrected chi connectivity index (χ0v) is 15.4. The largest absolute Gasteiger partial charge is 0.496 e. The smallest absolute Gasteiger partial charge is 0.155 e. The molecule has 2 aromatic heterocycles. The highest BCUT2D eigenvalue weighted by molar-refractivity contribution is 6.33. The van der Waals surface area contributed by atoms with Gasteiger partial charge in [-0.3, -0.25) is 0 Å². The second kappa shape index (κ2) is 7.56. The number of aromatic nitrogens is 3. The number of benzene rings is 1. The Balaban J connectivity index is 1.62. The quantitative estimate of drug-likeness (QED) is 0.646. The van der Waals surface area contributed by atoms with E-state index in [-0.39, 0.29) is 0 Å². The van der Waals surface area contributed by atoms with Crippen LogP contribution in [-0.4, -0.2) is 35.3 Å². The fourth-order valence-corrected chi connectivity index (χ4v) is 3.61. The first-order chi connectivity index (χ1) is 12.7. The minimum absolute atomic E-state index is 0.396. The number of hydrogen-bond acceptors (Lipinski definition) is 5. The van der Waals surface area contributed by atoms with Gasteiger partial charge in [0.15, 0.2) is 5.15 Å². The first kappa shape index (κ1) is 17.2. The Hall–Kier alpha value is -2.24. The third-order valence-corrected chi connectivity index (χ3v) is 5.13. The molecule has 0 N–H and O–H groups in total. The van der Waals surface area contributed by atoms with Crippen LogP contribution in [0.5, 0.6) is 5.75 Å². The van der Waals surface area contributed by atoms with E-state index in [1.807, 2.05) is 6.07 Å². The Bertz CT molecular complexity index is 926. The van der Waals surface area contributed by atoms with Gasteiger partial charge in [-0.1, -0.05) is 23.7 Å². The summed E-state index contributed by atoms with van der Waals surface area (Å²) in [6.45, 7) is 1.66. The molecule has 0 amide bonds. The van der Waals surface area contributed by atoms with Crippen molar-refractivity contribution in [1.29, 1.82) is 0 Å². The molecule has 0 radical (unpaired) electrons. The van der Waals surface area contributed by atoms with Crippen LogP contribution in [0, 0.1) is 0 Å². The van der Waals surface area contributed by atoms with Crippen molar-refractivity contribution in [2.24, 2.45) is 0 Å². The van der Waals surface area contributed by atoms with Crippen molar-refractivity contribution in [3.63, 3.8) is 0 Å². The van der Waals surface area contributed by atoms with Crippen LogP contribution in [0.1, 0.15) is 35.7 Å². The van der Waals surface area contributed by atoms with Crippen LogP contribution in [0.25, 0.3) is 10.9 Å². The van der Waals surface area contributed by atoms with Crippen LogP contribution in [0.3, 0.4) is 0 Å². The van der Waals surface area contributed by atoms with Gasteiger partial charge in [-0.05, 0) is 36.5 Å². The highest BCUT2D eigenvalue weighted by Crippen LogP contribution is 2.32. The van der Waals surface area contributed by atoms with Gasteiger partial charge in [-0.25, -0.2) is 15.0 Å². The molecule has 1 saturated heterocycles. The van der Waals surface area contributed by atoms with Crippen molar-refractivity contribution in [1.82, 2.24) is 15.0 Å². The van der Waals surface area contributed by atoms with E-state index in [9.17, 15) is 0 Å². The van der Waals surface area contributed by atoms with E-state index in [2.05, 4.69) is 33.2 Å². The van der Waals surface area contributed by atoms with Gasteiger partial charge in [0.1, 0.15) is 17.1 Å². The van der Waals surface area contributed by atoms with Crippen molar-refractivity contribution in [3.05, 3.63) is 58.8 Å². The first-order valence-corrected chi connectivity index (χ1v) is 9.13. The Kier molecular flexibility index (Phi) is 5.00. The molecule has 5 nitrogen and oxygen atoms in total. The SMILES string of the molecule is COc1cc(C2CCOCC2)ccc1Cc1ncc2ccnc(Cl)c2n1. The summed E-state index contributed by atoms with van der Waals surface area (Å²) in [6.07, 6.45) is 6.14. The number of hydrogen-bond donors (Lipinski definition) is 0. The second-order valence-electron chi connectivity index (χ2n) is 6.46. The number of methoxy groups -OCH3 is 1. The van der Waals surface area contributed by atoms with Gasteiger partial charge in [0.2, 0.25) is 0 Å². The van der Waals surface area contributed by atoms with Gasteiger partial charge in [0.05, 0.1) is 7.11 Å². The molecule has 1 aliphatic rings. The molecule has 1 fully saturated rings. The highest BCUT2D eigenvalue weighted by Gasteiger charge is 2.18. The van der Waals surface area contributed by atoms with Crippen molar-refractivity contribution in [2.45, 2.75) is 25.2 Å². The van der Waals surface area contributed by atoms with Crippen molar-refractivity contribution in [2.75, 3.05) is 20.3 Å². The molecule has 4 rings (SSSR count). The van der Waals surface area contributed by atoms with Crippen LogP contribution < -0.4 is 4.74 Å². The zero-order chi connectivity index (χ0) is 17.9. The third kappa shape index (κ3) is 3.50. The summed E-state index contributed by atoms with van der Waals surface area (Å²) >= 11 is 6.16. The van der Waals surface area contributed by atoms with E-state index in [0.29, 0.717) is 28.8 Å². The van der Waals surface area contributed by atoms with Crippen LogP contribution in [0.15, 0.2) is 36.7 Å². The predicted molar refractivity (Wildman–Crippen MR) is 101 cm³/mol. The molecular formula is C20H20ClN3O2. The molecule has 1 aliphatic heterocycles. The van der Waals surface area contributed by atoms with Gasteiger partial charge in [-0.2, -0.15) is 0 Å². The van der Waals surface area contributed by atoms with Crippen LogP contribution >= 0.6 is 11.6 Å². The maximum absolute atomic E-state index is 6.16. The summed E-state index contributed by atoms with van der Waals surface area (Å²) in [5.41, 5.74) is 3.04. The second-order valence-corrected chi connectivity index (χ2v) is 6.82. The lowest BCUT2D eigenvalue weighted by molar-refractivity contribution is 0.0853. The first-order valence-electron chi connectivity index (χ1n) is 8.75. The molecule has 6 heteroatoms. The molecule has 0 saturated carbocycles. The average Bonchev–Trinajstić information content (AvgIpc) is 2.69. The lowest BCUT2D eigenvalue weighted by Gasteiger charge is -2.23. The van der Waals surface area contributed by atoms with E-state index in [1.165, 1.54) is 5.56 Å². The van der Waals surface area contributed by atoms with E-state index in [0.717, 1.165) is 42.8 Å². The molecule has 134 valence electrons. The molecule has 3 heterocycles. The monoisotopic (exact) mass is 369 g/mol. The lowest BCUT2D eigenvalue weighted by Crippen LogP contribution is -2.14. The maximum atomic E-state index is 6.16. The van der Waals surface area contributed by atoms with Crippen molar-refractivity contribution < 1.29 is 9.47 Å². The lowest BCUT2D eigenvalue weighted by atomic mass is 9.90. The highest BCUT2D eigenvalue weighted by atomic mass is 35.5. The summed E-state index contributed by atoms with van der Waals surface area (Å²) in [4.78, 5) is 13.1. The Morgan fingerprint density at radius 2 is 2.04 bits per heavy atom. The maximum Gasteiger partial charge on any atom is 0.155 e. The van der Waals surface area contributed by atoms with Gasteiger partial charge in [-0.15, -0.1) is 0 Å². The molecule has 0 aliphatic carbocycles. The number of nitrogens with zero attached hydrogens (tertiary/aromatic N) is 3. The fourth-order valence-electron chi connectivity index (χ4n) is 3.41. The minimum atomic E-state index is 0.396. The number of ether oxygens (including phenoxy) is 2. The third-order valence-electron chi connectivity index (χ3n) is 4.86. The summed E-state index contributed by atoms with van der Waals surface area (Å²) in [6, 6.07) is 8.29. The Labute approximate surface area is 157 Å². The average molecular weight is 370 g/mol. The van der Waals surface area contributed by atoms with E-state index in [4.69, 9.17) is 21.1 Å². The molecule has 0 spiro atoms. The number of halogens is 1. The van der Waals surface area contributed by atoms with Crippen LogP contribution in [-0.2, 0) is 11.2 Å². The molecule has 0 unspecified atom stereocenters. The molecule has 26 heavy (non-hydrogen) atoms. The van der Waals surface area contributed by atoms with Crippen molar-refractivity contribution >= 4 is 22.5 Å². The summed E-state index contributed by atoms with van der Waals surface area (Å²) < 4.78 is 11.1. The van der Waals surface area contributed by atoms with Crippen LogP contribution in [0.2, 0.25) is 5.15 Å². The molecule has 0 atom stereocenters. The van der Waals surface area contributed by atoms with E-state index >= 15 is 0 Å². The van der Waals surface area contributed by atoms with Gasteiger partial charge >= 0.3 is 0 Å². The summed E-state index contributed by atoms with van der Waals surface area (Å²) in [5.74, 6) is 2.10. The summed E-state index contributed by atoms with van der Waals surface area (Å²) in [7, 11) is 1.70. The van der Waals surface area contributed by atoms with Gasteiger partial charge < -0.3 is 9.47 Å². The van der Waals surface area contributed by atoms with Gasteiger partial charge in [0.25, 0.3) is 0 Å². The number of pyridine rings is 1. The molecule has 3 aromatic rings. The predicted octanol–water partition coefficient (Wildman–Crippen LogP) is 4.17. The Morgan fingerprint density at radius 3 is 2.85 bits per heavy atom. The van der Waals surface area contributed by atoms with E-state index in [1.54, 1.807) is 19.5 Å². The molecule has 1 aromatic carbocycles. The van der Waals surface area contributed by atoms with Gasteiger partial charge in [0, 0.05) is 43.0 Å². The van der Waals surface area contributed by atoms with Crippen molar-refractivity contribution in [3.8, 4) is 5.75 Å². The minimum Gasteiger partial charge on any atom is -0.496 e.